The van der Waals surface area contributed by atoms with Gasteiger partial charge in [-0.3, -0.25) is 19.8 Å². The van der Waals surface area contributed by atoms with Crippen LogP contribution in [0.5, 0.6) is 5.88 Å². The van der Waals surface area contributed by atoms with Crippen LogP contribution in [0.3, 0.4) is 0 Å². The summed E-state index contributed by atoms with van der Waals surface area (Å²) in [4.78, 5) is 26.0. The molecule has 0 spiro atoms. The summed E-state index contributed by atoms with van der Waals surface area (Å²) in [5.74, 6) is -0.422. The van der Waals surface area contributed by atoms with E-state index in [0.29, 0.717) is 12.1 Å². The molecule has 1 heterocycles. The second kappa shape index (κ2) is 7.26. The van der Waals surface area contributed by atoms with E-state index in [0.717, 1.165) is 10.3 Å². The maximum atomic E-state index is 12.1. The number of benzene rings is 1. The van der Waals surface area contributed by atoms with Crippen LogP contribution < -0.4 is 16.7 Å². The summed E-state index contributed by atoms with van der Waals surface area (Å²) in [6.45, 7) is 5.41. The molecule has 3 N–H and O–H groups in total. The monoisotopic (exact) mass is 314 g/mol. The van der Waals surface area contributed by atoms with E-state index in [1.165, 1.54) is 6.08 Å². The zero-order valence-corrected chi connectivity index (χ0v) is 12.7. The van der Waals surface area contributed by atoms with E-state index in [2.05, 4.69) is 22.1 Å². The number of anilines is 1. The lowest BCUT2D eigenvalue weighted by Gasteiger charge is -2.11. The van der Waals surface area contributed by atoms with Gasteiger partial charge in [-0.05, 0) is 18.6 Å². The third-order valence-corrected chi connectivity index (χ3v) is 3.20. The molecule has 120 valence electrons. The van der Waals surface area contributed by atoms with Crippen LogP contribution in [0, 0.1) is 0 Å². The number of nitrogens with zero attached hydrogens (tertiary/aromatic N) is 2. The Hall–Kier alpha value is -3.09. The first-order valence-electron chi connectivity index (χ1n) is 7.13. The number of hydrogen-bond acceptors (Lipinski definition) is 5. The highest BCUT2D eigenvalue weighted by Gasteiger charge is 2.17. The highest BCUT2D eigenvalue weighted by Crippen LogP contribution is 2.14. The lowest BCUT2D eigenvalue weighted by molar-refractivity contribution is 0.409. The van der Waals surface area contributed by atoms with Crippen molar-refractivity contribution in [2.24, 2.45) is 5.10 Å². The smallest absolute Gasteiger partial charge is 0.331 e. The van der Waals surface area contributed by atoms with E-state index in [9.17, 15) is 14.7 Å². The molecule has 0 bridgehead atoms. The molecule has 0 radical (unpaired) electrons. The van der Waals surface area contributed by atoms with Crippen molar-refractivity contribution in [2.75, 3.05) is 5.43 Å². The first-order chi connectivity index (χ1) is 11.1. The molecule has 0 amide bonds. The van der Waals surface area contributed by atoms with Gasteiger partial charge in [0.2, 0.25) is 5.88 Å². The van der Waals surface area contributed by atoms with Crippen molar-refractivity contribution in [2.45, 2.75) is 19.9 Å². The number of hydrazone groups is 1. The number of rotatable bonds is 6. The minimum absolute atomic E-state index is 0.0302. The zero-order valence-electron chi connectivity index (χ0n) is 12.7. The molecule has 0 aliphatic rings. The molecule has 1 aromatic heterocycles. The van der Waals surface area contributed by atoms with Gasteiger partial charge in [-0.1, -0.05) is 31.2 Å². The summed E-state index contributed by atoms with van der Waals surface area (Å²) >= 11 is 0. The summed E-state index contributed by atoms with van der Waals surface area (Å²) in [6.07, 6.45) is 1.84. The zero-order chi connectivity index (χ0) is 16.8. The third kappa shape index (κ3) is 3.57. The van der Waals surface area contributed by atoms with E-state index >= 15 is 0 Å². The molecule has 2 aromatic rings. The Kier molecular flexibility index (Phi) is 5.14. The van der Waals surface area contributed by atoms with Crippen molar-refractivity contribution in [1.29, 1.82) is 0 Å². The second-order valence-electron chi connectivity index (χ2n) is 4.75. The van der Waals surface area contributed by atoms with Gasteiger partial charge in [-0.25, -0.2) is 4.79 Å². The fourth-order valence-corrected chi connectivity index (χ4v) is 2.07. The predicted octanol–water partition coefficient (Wildman–Crippen LogP) is 1.65. The van der Waals surface area contributed by atoms with Crippen LogP contribution in [0.1, 0.15) is 18.9 Å². The lowest BCUT2D eigenvalue weighted by Crippen LogP contribution is -2.33. The Morgan fingerprint density at radius 3 is 2.70 bits per heavy atom. The summed E-state index contributed by atoms with van der Waals surface area (Å²) in [5, 5.41) is 14.4. The summed E-state index contributed by atoms with van der Waals surface area (Å²) < 4.78 is 1.03. The first-order valence-corrected chi connectivity index (χ1v) is 7.13. The lowest BCUT2D eigenvalue weighted by atomic mass is 10.1. The number of allylic oxidation sites excluding steroid dienone is 1. The normalized spacial score (nSPS) is 11.3. The van der Waals surface area contributed by atoms with Gasteiger partial charge < -0.3 is 5.11 Å². The van der Waals surface area contributed by atoms with Crippen LogP contribution in [0.4, 0.5) is 5.69 Å². The van der Waals surface area contributed by atoms with Gasteiger partial charge in [0, 0.05) is 6.54 Å². The average Bonchev–Trinajstić information content (AvgIpc) is 2.55. The summed E-state index contributed by atoms with van der Waals surface area (Å²) in [6, 6.07) is 9.20. The van der Waals surface area contributed by atoms with Gasteiger partial charge in [0.05, 0.1) is 11.4 Å². The number of aromatic nitrogens is 2. The molecule has 7 nitrogen and oxygen atoms in total. The Bertz CT molecular complexity index is 835. The van der Waals surface area contributed by atoms with E-state index in [1.54, 1.807) is 6.92 Å². The van der Waals surface area contributed by atoms with Gasteiger partial charge >= 0.3 is 5.69 Å². The predicted molar refractivity (Wildman–Crippen MR) is 90.1 cm³/mol. The Morgan fingerprint density at radius 1 is 1.39 bits per heavy atom. The Balaban J connectivity index is 2.49. The Labute approximate surface area is 132 Å². The van der Waals surface area contributed by atoms with Gasteiger partial charge in [0.15, 0.2) is 0 Å². The quantitative estimate of drug-likeness (QED) is 0.429. The molecule has 0 atom stereocenters. The van der Waals surface area contributed by atoms with Crippen LogP contribution in [0.2, 0.25) is 0 Å². The molecule has 2 rings (SSSR count). The largest absolute Gasteiger partial charge is 0.494 e. The van der Waals surface area contributed by atoms with Gasteiger partial charge in [0.25, 0.3) is 5.56 Å². The van der Waals surface area contributed by atoms with E-state index in [1.807, 2.05) is 30.3 Å². The second-order valence-corrected chi connectivity index (χ2v) is 4.75. The number of aromatic hydroxyl groups is 1. The topological polar surface area (TPSA) is 99.5 Å². The average molecular weight is 314 g/mol. The number of nitrogens with one attached hydrogen (secondary N) is 2. The van der Waals surface area contributed by atoms with Crippen LogP contribution >= 0.6 is 0 Å². The molecular formula is C16H18N4O3. The van der Waals surface area contributed by atoms with Crippen molar-refractivity contribution in [1.82, 2.24) is 9.55 Å². The number of aromatic amines is 1. The van der Waals surface area contributed by atoms with E-state index < -0.39 is 17.1 Å². The number of H-pyrrole nitrogens is 1. The molecule has 0 aliphatic heterocycles. The van der Waals surface area contributed by atoms with Crippen molar-refractivity contribution >= 4 is 11.4 Å². The summed E-state index contributed by atoms with van der Waals surface area (Å²) in [7, 11) is 0. The fourth-order valence-electron chi connectivity index (χ4n) is 2.07. The van der Waals surface area contributed by atoms with Crippen molar-refractivity contribution in [3.63, 3.8) is 0 Å². The Morgan fingerprint density at radius 2 is 2.09 bits per heavy atom. The van der Waals surface area contributed by atoms with Crippen molar-refractivity contribution in [3.8, 4) is 5.88 Å². The maximum Gasteiger partial charge on any atom is 0.331 e. The molecule has 23 heavy (non-hydrogen) atoms. The first kappa shape index (κ1) is 16.3. The van der Waals surface area contributed by atoms with Gasteiger partial charge in [-0.15, -0.1) is 6.58 Å². The number of hydrogen-bond donors (Lipinski definition) is 3. The standard InChI is InChI=1S/C16H18N4O3/c1-3-10-20-15(22)13(14(21)17-16(20)23)12(4-2)19-18-11-8-6-5-7-9-11/h3,5-9,18,22H,1,4,10H2,2H3,(H,17,21,23)/b19-12+. The minimum Gasteiger partial charge on any atom is -0.494 e. The highest BCUT2D eigenvalue weighted by atomic mass is 16.3. The molecule has 0 saturated carbocycles. The fraction of sp³-hybridized carbons (Fsp3) is 0.188. The molecule has 1 aromatic carbocycles. The van der Waals surface area contributed by atoms with Crippen LogP contribution in [-0.4, -0.2) is 20.4 Å². The maximum absolute atomic E-state index is 12.1. The van der Waals surface area contributed by atoms with Gasteiger partial charge in [-0.2, -0.15) is 5.10 Å². The van der Waals surface area contributed by atoms with Crippen molar-refractivity contribution in [3.05, 3.63) is 69.4 Å². The van der Waals surface area contributed by atoms with Gasteiger partial charge in [0.1, 0.15) is 5.56 Å². The van der Waals surface area contributed by atoms with E-state index in [4.69, 9.17) is 0 Å². The highest BCUT2D eigenvalue weighted by molar-refractivity contribution is 6.02. The van der Waals surface area contributed by atoms with Crippen LogP contribution in [0.15, 0.2) is 57.7 Å². The third-order valence-electron chi connectivity index (χ3n) is 3.20. The van der Waals surface area contributed by atoms with Crippen molar-refractivity contribution < 1.29 is 5.11 Å². The molecule has 0 fully saturated rings. The molecule has 0 unspecified atom stereocenters. The molecular weight excluding hydrogens is 296 g/mol. The minimum atomic E-state index is -0.692. The molecule has 7 heteroatoms. The molecule has 0 aliphatic carbocycles. The number of para-hydroxylation sites is 1. The van der Waals surface area contributed by atoms with E-state index in [-0.39, 0.29) is 12.1 Å². The van der Waals surface area contributed by atoms with Crippen LogP contribution in [0.25, 0.3) is 0 Å². The van der Waals surface area contributed by atoms with Crippen LogP contribution in [-0.2, 0) is 6.54 Å². The SMILES string of the molecule is C=CCn1c(O)c(/C(CC)=N/Nc2ccccc2)c(=O)[nH]c1=O. The summed E-state index contributed by atoms with van der Waals surface area (Å²) in [5.41, 5.74) is 2.51. The molecule has 0 saturated heterocycles.